The molecule has 0 aliphatic rings. The van der Waals surface area contributed by atoms with Gasteiger partial charge in [0.2, 0.25) is 0 Å². The molecule has 0 radical (unpaired) electrons. The van der Waals surface area contributed by atoms with E-state index in [4.69, 9.17) is 14.7 Å². The second-order valence-corrected chi connectivity index (χ2v) is 3.29. The number of nitrogens with zero attached hydrogens (tertiary/aromatic N) is 1. The summed E-state index contributed by atoms with van der Waals surface area (Å²) >= 11 is 0. The fraction of sp³-hybridized carbons (Fsp3) is 0.231. The number of nitriles is 1. The third-order valence-electron chi connectivity index (χ3n) is 2.17. The van der Waals surface area contributed by atoms with E-state index in [1.54, 1.807) is 31.2 Å². The first-order valence-electron chi connectivity index (χ1n) is 5.28. The van der Waals surface area contributed by atoms with Gasteiger partial charge >= 0.3 is 5.97 Å². The van der Waals surface area contributed by atoms with Crippen LogP contribution in [0.1, 0.15) is 12.5 Å². The Morgan fingerprint density at radius 2 is 2.28 bits per heavy atom. The van der Waals surface area contributed by atoms with E-state index in [-0.39, 0.29) is 23.7 Å². The number of aromatic hydroxyl groups is 1. The normalized spacial score (nSPS) is 10.6. The summed E-state index contributed by atoms with van der Waals surface area (Å²) in [6, 6.07) is 6.51. The molecule has 1 aromatic carbocycles. The summed E-state index contributed by atoms with van der Waals surface area (Å²) in [6.07, 6.45) is 1.26. The maximum absolute atomic E-state index is 11.4. The number of rotatable bonds is 4. The number of carbonyl (C=O) groups is 1. The highest BCUT2D eigenvalue weighted by Crippen LogP contribution is 2.30. The van der Waals surface area contributed by atoms with Crippen molar-refractivity contribution in [1.29, 1.82) is 5.26 Å². The number of ether oxygens (including phenoxy) is 2. The number of esters is 1. The van der Waals surface area contributed by atoms with E-state index < -0.39 is 5.97 Å². The van der Waals surface area contributed by atoms with Gasteiger partial charge in [-0.3, -0.25) is 0 Å². The predicted molar refractivity (Wildman–Crippen MR) is 64.9 cm³/mol. The lowest BCUT2D eigenvalue weighted by Gasteiger charge is -2.06. The summed E-state index contributed by atoms with van der Waals surface area (Å²) in [5.41, 5.74) is 0.138. The van der Waals surface area contributed by atoms with Gasteiger partial charge in [0.25, 0.3) is 0 Å². The molecule has 0 saturated carbocycles. The zero-order chi connectivity index (χ0) is 13.5. The zero-order valence-corrected chi connectivity index (χ0v) is 10.1. The first kappa shape index (κ1) is 13.6. The van der Waals surface area contributed by atoms with Crippen molar-refractivity contribution in [1.82, 2.24) is 0 Å². The van der Waals surface area contributed by atoms with Gasteiger partial charge in [-0.05, 0) is 19.1 Å². The highest BCUT2D eigenvalue weighted by molar-refractivity contribution is 5.98. The van der Waals surface area contributed by atoms with Gasteiger partial charge in [0.15, 0.2) is 11.5 Å². The van der Waals surface area contributed by atoms with Crippen molar-refractivity contribution in [3.63, 3.8) is 0 Å². The van der Waals surface area contributed by atoms with E-state index in [0.717, 1.165) is 0 Å². The third-order valence-corrected chi connectivity index (χ3v) is 2.17. The summed E-state index contributed by atoms with van der Waals surface area (Å²) in [5, 5.41) is 18.7. The second-order valence-electron chi connectivity index (χ2n) is 3.29. The topological polar surface area (TPSA) is 79.6 Å². The first-order chi connectivity index (χ1) is 8.63. The molecule has 0 atom stereocenters. The van der Waals surface area contributed by atoms with Crippen molar-refractivity contribution in [3.8, 4) is 17.6 Å². The molecule has 1 rings (SSSR count). The molecule has 0 spiro atoms. The summed E-state index contributed by atoms with van der Waals surface area (Å²) in [4.78, 5) is 11.4. The number of para-hydroxylation sites is 1. The van der Waals surface area contributed by atoms with E-state index in [1.165, 1.54) is 13.2 Å². The van der Waals surface area contributed by atoms with Crippen molar-refractivity contribution in [2.75, 3.05) is 13.7 Å². The second kappa shape index (κ2) is 6.30. The van der Waals surface area contributed by atoms with Crippen LogP contribution in [-0.2, 0) is 9.53 Å². The monoisotopic (exact) mass is 247 g/mol. The van der Waals surface area contributed by atoms with E-state index in [9.17, 15) is 9.90 Å². The predicted octanol–water partition coefficient (Wildman–Crippen LogP) is 1.87. The fourth-order valence-corrected chi connectivity index (χ4v) is 1.32. The molecule has 1 aromatic rings. The summed E-state index contributed by atoms with van der Waals surface area (Å²) in [5.74, 6) is -0.579. The van der Waals surface area contributed by atoms with Crippen LogP contribution in [0, 0.1) is 11.3 Å². The molecule has 0 heterocycles. The van der Waals surface area contributed by atoms with Crippen LogP contribution < -0.4 is 4.74 Å². The minimum atomic E-state index is -0.720. The molecular formula is C13H13NO4. The molecule has 0 aliphatic carbocycles. The lowest BCUT2D eigenvalue weighted by Crippen LogP contribution is -2.06. The van der Waals surface area contributed by atoms with E-state index in [2.05, 4.69) is 0 Å². The van der Waals surface area contributed by atoms with Gasteiger partial charge in [0, 0.05) is 5.56 Å². The Morgan fingerprint density at radius 3 is 2.83 bits per heavy atom. The van der Waals surface area contributed by atoms with Crippen LogP contribution in [-0.4, -0.2) is 24.8 Å². The van der Waals surface area contributed by atoms with Crippen LogP contribution in [0.5, 0.6) is 11.5 Å². The number of carbonyl (C=O) groups excluding carboxylic acids is 1. The summed E-state index contributed by atoms with van der Waals surface area (Å²) < 4.78 is 9.65. The number of benzene rings is 1. The molecule has 5 heteroatoms. The first-order valence-corrected chi connectivity index (χ1v) is 5.28. The van der Waals surface area contributed by atoms with Gasteiger partial charge < -0.3 is 14.6 Å². The SMILES string of the molecule is CCOC(=O)C(C#N)=Cc1cccc(OC)c1O. The van der Waals surface area contributed by atoms with Crippen LogP contribution in [0.2, 0.25) is 0 Å². The Labute approximate surface area is 105 Å². The smallest absolute Gasteiger partial charge is 0.348 e. The summed E-state index contributed by atoms with van der Waals surface area (Å²) in [6.45, 7) is 1.83. The number of hydrogen-bond acceptors (Lipinski definition) is 5. The Bertz CT molecular complexity index is 514. The fourth-order valence-electron chi connectivity index (χ4n) is 1.32. The molecule has 0 saturated heterocycles. The maximum Gasteiger partial charge on any atom is 0.348 e. The Morgan fingerprint density at radius 1 is 1.56 bits per heavy atom. The maximum atomic E-state index is 11.4. The number of phenols is 1. The average molecular weight is 247 g/mol. The van der Waals surface area contributed by atoms with Gasteiger partial charge in [0.1, 0.15) is 11.6 Å². The minimum Gasteiger partial charge on any atom is -0.504 e. The van der Waals surface area contributed by atoms with Gasteiger partial charge in [-0.25, -0.2) is 4.79 Å². The van der Waals surface area contributed by atoms with Gasteiger partial charge in [-0.2, -0.15) is 5.26 Å². The molecule has 5 nitrogen and oxygen atoms in total. The molecular weight excluding hydrogens is 234 g/mol. The van der Waals surface area contributed by atoms with Gasteiger partial charge in [-0.1, -0.05) is 12.1 Å². The molecule has 0 unspecified atom stereocenters. The number of methoxy groups -OCH3 is 1. The van der Waals surface area contributed by atoms with E-state index in [1.807, 2.05) is 0 Å². The lowest BCUT2D eigenvalue weighted by molar-refractivity contribution is -0.137. The highest BCUT2D eigenvalue weighted by atomic mass is 16.5. The van der Waals surface area contributed by atoms with Gasteiger partial charge in [0.05, 0.1) is 13.7 Å². The number of hydrogen-bond donors (Lipinski definition) is 1. The average Bonchev–Trinajstić information content (AvgIpc) is 2.37. The van der Waals surface area contributed by atoms with Crippen molar-refractivity contribution < 1.29 is 19.4 Å². The molecule has 0 aromatic heterocycles. The minimum absolute atomic E-state index is 0.128. The van der Waals surface area contributed by atoms with Gasteiger partial charge in [-0.15, -0.1) is 0 Å². The molecule has 94 valence electrons. The number of phenolic OH excluding ortho intramolecular Hbond substituents is 1. The van der Waals surface area contributed by atoms with E-state index in [0.29, 0.717) is 5.56 Å². The molecule has 18 heavy (non-hydrogen) atoms. The standard InChI is InChI=1S/C13H13NO4/c1-3-18-13(16)10(8-14)7-9-5-4-6-11(17-2)12(9)15/h4-7,15H,3H2,1-2H3. The van der Waals surface area contributed by atoms with Crippen LogP contribution in [0.25, 0.3) is 6.08 Å². The Balaban J connectivity index is 3.15. The zero-order valence-electron chi connectivity index (χ0n) is 10.1. The Hall–Kier alpha value is -2.48. The van der Waals surface area contributed by atoms with Crippen LogP contribution in [0.15, 0.2) is 23.8 Å². The largest absolute Gasteiger partial charge is 0.504 e. The summed E-state index contributed by atoms with van der Waals surface area (Å²) in [7, 11) is 1.42. The molecule has 0 amide bonds. The quantitative estimate of drug-likeness (QED) is 0.499. The van der Waals surface area contributed by atoms with Crippen LogP contribution >= 0.6 is 0 Å². The molecule has 1 N–H and O–H groups in total. The Kier molecular flexibility index (Phi) is 4.76. The molecule has 0 aliphatic heterocycles. The van der Waals surface area contributed by atoms with Crippen molar-refractivity contribution in [2.45, 2.75) is 6.92 Å². The molecule has 0 fully saturated rings. The highest BCUT2D eigenvalue weighted by Gasteiger charge is 2.12. The van der Waals surface area contributed by atoms with Crippen LogP contribution in [0.4, 0.5) is 0 Å². The van der Waals surface area contributed by atoms with Crippen molar-refractivity contribution in [2.24, 2.45) is 0 Å². The third kappa shape index (κ3) is 3.01. The van der Waals surface area contributed by atoms with Crippen LogP contribution in [0.3, 0.4) is 0 Å². The van der Waals surface area contributed by atoms with Crippen molar-refractivity contribution in [3.05, 3.63) is 29.3 Å². The van der Waals surface area contributed by atoms with E-state index >= 15 is 0 Å². The van der Waals surface area contributed by atoms with Crippen molar-refractivity contribution >= 4 is 12.0 Å². The lowest BCUT2D eigenvalue weighted by atomic mass is 10.1. The molecule has 0 bridgehead atoms.